The summed E-state index contributed by atoms with van der Waals surface area (Å²) in [7, 11) is 0. The molecule has 2 heterocycles. The Morgan fingerprint density at radius 3 is 3.17 bits per heavy atom. The normalized spacial score (nSPS) is 19.0. The number of carbonyl (C=O) groups excluding carboxylic acids is 1. The maximum Gasteiger partial charge on any atom is 0.257 e. The topological polar surface area (TPSA) is 65.5 Å². The van der Waals surface area contributed by atoms with Crippen LogP contribution in [-0.2, 0) is 0 Å². The van der Waals surface area contributed by atoms with E-state index >= 15 is 0 Å². The summed E-state index contributed by atoms with van der Waals surface area (Å²) in [4.78, 5) is 18.0. The summed E-state index contributed by atoms with van der Waals surface area (Å²) >= 11 is 0. The van der Waals surface area contributed by atoms with Crippen LogP contribution in [0.2, 0.25) is 0 Å². The average molecular weight is 249 g/mol. The summed E-state index contributed by atoms with van der Waals surface area (Å²) in [6, 6.07) is 1.81. The van der Waals surface area contributed by atoms with Crippen LogP contribution in [0.1, 0.15) is 30.1 Å². The van der Waals surface area contributed by atoms with Gasteiger partial charge in [0.1, 0.15) is 0 Å². The van der Waals surface area contributed by atoms with E-state index in [0.717, 1.165) is 18.7 Å². The van der Waals surface area contributed by atoms with Crippen LogP contribution < -0.4 is 5.32 Å². The Labute approximate surface area is 107 Å². The molecule has 1 aliphatic rings. The molecule has 1 aliphatic heterocycles. The van der Waals surface area contributed by atoms with E-state index in [0.29, 0.717) is 25.1 Å². The molecule has 1 aromatic heterocycles. The minimum Gasteiger partial charge on any atom is -0.391 e. The lowest BCUT2D eigenvalue weighted by Crippen LogP contribution is -2.30. The zero-order valence-corrected chi connectivity index (χ0v) is 10.6. The summed E-state index contributed by atoms with van der Waals surface area (Å²) in [5, 5.41) is 12.7. The number of nitrogens with one attached hydrogen (secondary N) is 1. The first-order valence-electron chi connectivity index (χ1n) is 6.37. The summed E-state index contributed by atoms with van der Waals surface area (Å²) in [6.07, 6.45) is 4.53. The molecule has 1 saturated heterocycles. The number of anilines is 1. The average Bonchev–Trinajstić information content (AvgIpc) is 2.82. The Bertz CT molecular complexity index is 422. The van der Waals surface area contributed by atoms with Crippen molar-refractivity contribution < 1.29 is 9.90 Å². The van der Waals surface area contributed by atoms with Gasteiger partial charge in [0, 0.05) is 32.0 Å². The van der Waals surface area contributed by atoms with Crippen molar-refractivity contribution >= 4 is 11.6 Å². The minimum absolute atomic E-state index is 0.0572. The van der Waals surface area contributed by atoms with Crippen molar-refractivity contribution in [2.75, 3.05) is 25.0 Å². The molecule has 1 fully saturated rings. The highest BCUT2D eigenvalue weighted by Gasteiger charge is 2.26. The van der Waals surface area contributed by atoms with E-state index < -0.39 is 6.10 Å². The third-order valence-corrected chi connectivity index (χ3v) is 3.07. The van der Waals surface area contributed by atoms with Crippen LogP contribution in [0.4, 0.5) is 5.69 Å². The molecule has 0 bridgehead atoms. The molecule has 1 aromatic rings. The number of β-amino-alcohol motifs (C(OH)–C–C–N with tert-alkyl or cyclic N) is 1. The molecular weight excluding hydrogens is 230 g/mol. The number of carbonyl (C=O) groups is 1. The summed E-state index contributed by atoms with van der Waals surface area (Å²) in [5.41, 5.74) is 1.40. The predicted molar refractivity (Wildman–Crippen MR) is 69.5 cm³/mol. The first kappa shape index (κ1) is 12.8. The molecule has 1 amide bonds. The van der Waals surface area contributed by atoms with Crippen molar-refractivity contribution in [3.63, 3.8) is 0 Å². The van der Waals surface area contributed by atoms with Gasteiger partial charge in [0.25, 0.3) is 5.91 Å². The Kier molecular flexibility index (Phi) is 4.15. The number of hydrogen-bond donors (Lipinski definition) is 2. The monoisotopic (exact) mass is 249 g/mol. The second-order valence-corrected chi connectivity index (χ2v) is 4.54. The maximum absolute atomic E-state index is 12.3. The van der Waals surface area contributed by atoms with Gasteiger partial charge in [-0.05, 0) is 18.9 Å². The molecule has 1 unspecified atom stereocenters. The summed E-state index contributed by atoms with van der Waals surface area (Å²) in [6.45, 7) is 3.93. The highest BCUT2D eigenvalue weighted by Crippen LogP contribution is 2.19. The van der Waals surface area contributed by atoms with Gasteiger partial charge in [0.2, 0.25) is 0 Å². The molecule has 18 heavy (non-hydrogen) atoms. The van der Waals surface area contributed by atoms with Gasteiger partial charge in [0.05, 0.1) is 17.4 Å². The maximum atomic E-state index is 12.3. The number of aromatic nitrogens is 1. The van der Waals surface area contributed by atoms with Gasteiger partial charge in [-0.1, -0.05) is 6.92 Å². The number of nitrogens with zero attached hydrogens (tertiary/aromatic N) is 2. The Hall–Kier alpha value is -1.62. The first-order valence-corrected chi connectivity index (χ1v) is 6.37. The lowest BCUT2D eigenvalue weighted by Gasteiger charge is -2.18. The smallest absolute Gasteiger partial charge is 0.257 e. The molecule has 0 spiro atoms. The number of aliphatic hydroxyl groups is 1. The number of rotatable bonds is 4. The quantitative estimate of drug-likeness (QED) is 0.839. The van der Waals surface area contributed by atoms with Crippen LogP contribution in [-0.4, -0.2) is 46.6 Å². The minimum atomic E-state index is -0.391. The lowest BCUT2D eigenvalue weighted by molar-refractivity contribution is 0.0765. The van der Waals surface area contributed by atoms with E-state index in [-0.39, 0.29) is 5.91 Å². The number of aliphatic hydroxyl groups excluding tert-OH is 1. The van der Waals surface area contributed by atoms with Gasteiger partial charge < -0.3 is 15.3 Å². The van der Waals surface area contributed by atoms with E-state index in [1.165, 1.54) is 0 Å². The Morgan fingerprint density at radius 2 is 2.50 bits per heavy atom. The molecule has 2 N–H and O–H groups in total. The van der Waals surface area contributed by atoms with Gasteiger partial charge in [-0.2, -0.15) is 0 Å². The highest BCUT2D eigenvalue weighted by atomic mass is 16.3. The van der Waals surface area contributed by atoms with Gasteiger partial charge in [-0.3, -0.25) is 9.78 Å². The van der Waals surface area contributed by atoms with Gasteiger partial charge in [0.15, 0.2) is 0 Å². The fourth-order valence-corrected chi connectivity index (χ4v) is 2.08. The molecule has 0 radical (unpaired) electrons. The third kappa shape index (κ3) is 2.79. The van der Waals surface area contributed by atoms with E-state index in [4.69, 9.17) is 0 Å². The molecule has 98 valence electrons. The van der Waals surface area contributed by atoms with Crippen LogP contribution >= 0.6 is 0 Å². The Morgan fingerprint density at radius 1 is 1.67 bits per heavy atom. The van der Waals surface area contributed by atoms with Crippen molar-refractivity contribution in [1.82, 2.24) is 9.88 Å². The molecule has 1 atom stereocenters. The predicted octanol–water partition coefficient (Wildman–Crippen LogP) is 1.11. The second kappa shape index (κ2) is 5.82. The standard InChI is InChI=1S/C13H19N3O2/c1-2-5-15-12-3-6-14-8-11(12)13(18)16-7-4-10(17)9-16/h3,6,8,10,17H,2,4-5,7,9H2,1H3,(H,14,15). The SMILES string of the molecule is CCCNc1ccncc1C(=O)N1CCC(O)C1. The van der Waals surface area contributed by atoms with Crippen LogP contribution in [0, 0.1) is 0 Å². The number of amides is 1. The van der Waals surface area contributed by atoms with Crippen molar-refractivity contribution in [1.29, 1.82) is 0 Å². The zero-order chi connectivity index (χ0) is 13.0. The summed E-state index contributed by atoms with van der Waals surface area (Å²) < 4.78 is 0. The van der Waals surface area contributed by atoms with Crippen molar-refractivity contribution in [2.45, 2.75) is 25.9 Å². The van der Waals surface area contributed by atoms with Crippen LogP contribution in [0.5, 0.6) is 0 Å². The molecule has 0 aromatic carbocycles. The van der Waals surface area contributed by atoms with Crippen LogP contribution in [0.25, 0.3) is 0 Å². The van der Waals surface area contributed by atoms with Gasteiger partial charge in [-0.25, -0.2) is 0 Å². The fraction of sp³-hybridized carbons (Fsp3) is 0.538. The van der Waals surface area contributed by atoms with E-state index in [1.807, 2.05) is 6.07 Å². The van der Waals surface area contributed by atoms with Crippen molar-refractivity contribution in [3.05, 3.63) is 24.0 Å². The molecular formula is C13H19N3O2. The highest BCUT2D eigenvalue weighted by molar-refractivity contribution is 5.99. The Balaban J connectivity index is 2.14. The van der Waals surface area contributed by atoms with Crippen LogP contribution in [0.3, 0.4) is 0 Å². The van der Waals surface area contributed by atoms with Crippen molar-refractivity contribution in [3.8, 4) is 0 Å². The second-order valence-electron chi connectivity index (χ2n) is 4.54. The van der Waals surface area contributed by atoms with Crippen LogP contribution in [0.15, 0.2) is 18.5 Å². The number of pyridine rings is 1. The summed E-state index contributed by atoms with van der Waals surface area (Å²) in [5.74, 6) is -0.0572. The fourth-order valence-electron chi connectivity index (χ4n) is 2.08. The zero-order valence-electron chi connectivity index (χ0n) is 10.6. The number of likely N-dealkylation sites (tertiary alicyclic amines) is 1. The van der Waals surface area contributed by atoms with E-state index in [2.05, 4.69) is 17.2 Å². The molecule has 2 rings (SSSR count). The first-order chi connectivity index (χ1) is 8.72. The molecule has 0 aliphatic carbocycles. The molecule has 5 nitrogen and oxygen atoms in total. The largest absolute Gasteiger partial charge is 0.391 e. The van der Waals surface area contributed by atoms with Gasteiger partial charge >= 0.3 is 0 Å². The van der Waals surface area contributed by atoms with Crippen molar-refractivity contribution in [2.24, 2.45) is 0 Å². The molecule has 5 heteroatoms. The van der Waals surface area contributed by atoms with E-state index in [1.54, 1.807) is 17.3 Å². The van der Waals surface area contributed by atoms with Gasteiger partial charge in [-0.15, -0.1) is 0 Å². The molecule has 0 saturated carbocycles. The third-order valence-electron chi connectivity index (χ3n) is 3.07. The van der Waals surface area contributed by atoms with E-state index in [9.17, 15) is 9.90 Å². The number of hydrogen-bond acceptors (Lipinski definition) is 4. The lowest BCUT2D eigenvalue weighted by atomic mass is 10.2.